The molecule has 0 aliphatic carbocycles. The Morgan fingerprint density at radius 1 is 0.500 bits per heavy atom. The molecule has 166 valence electrons. The summed E-state index contributed by atoms with van der Waals surface area (Å²) in [5.41, 5.74) is 0. The van der Waals surface area contributed by atoms with E-state index in [0.29, 0.717) is 0 Å². The SMILES string of the molecule is [F-].[F-].[Hf+4].c1ccc(P(c2ccccc2)c2cc3ccccc3[cH-]2)cc1.c1ccc2[cH-]ccc2c1. The fraction of sp³-hybridized carbons (Fsp3) is 0. The summed E-state index contributed by atoms with van der Waals surface area (Å²) in [5, 5.41) is 9.55. The van der Waals surface area contributed by atoms with Crippen molar-refractivity contribution in [3.8, 4) is 0 Å². The minimum atomic E-state index is -0.493. The molecule has 0 aliphatic rings. The zero-order valence-corrected chi connectivity index (χ0v) is 23.0. The summed E-state index contributed by atoms with van der Waals surface area (Å²) in [5.74, 6) is 0. The van der Waals surface area contributed by atoms with Crippen molar-refractivity contribution >= 4 is 45.4 Å². The Kier molecular flexibility index (Phi) is 10.7. The van der Waals surface area contributed by atoms with Crippen LogP contribution < -0.4 is 25.3 Å². The minimum absolute atomic E-state index is 0. The topological polar surface area (TPSA) is 0 Å². The maximum Gasteiger partial charge on any atom is 4.00 e. The van der Waals surface area contributed by atoms with Crippen molar-refractivity contribution in [2.45, 2.75) is 0 Å². The standard InChI is InChI=1S/C21H16P.C9H7.2FH.Hf/c1-3-11-19(12-4-1)22(20-13-5-2-6-14-20)21-15-17-9-7-8-10-18(17)16-21;1-2-5-9-7-3-6-8(9)4-1;;;/h1-16H;1-7H;2*1H;/q2*-1;;;+4/p-2. The average Bonchev–Trinajstić information content (AvgIpc) is 3.48. The van der Waals surface area contributed by atoms with E-state index in [4.69, 9.17) is 0 Å². The first kappa shape index (κ1) is 27.5. The molecule has 4 heteroatoms. The largest absolute Gasteiger partial charge is 4.00 e. The van der Waals surface area contributed by atoms with Crippen molar-refractivity contribution in [2.75, 3.05) is 0 Å². The number of hydrogen-bond acceptors (Lipinski definition) is 0. The molecule has 0 fully saturated rings. The van der Waals surface area contributed by atoms with Crippen molar-refractivity contribution in [1.29, 1.82) is 0 Å². The van der Waals surface area contributed by atoms with Crippen molar-refractivity contribution in [3.05, 3.63) is 140 Å². The van der Waals surface area contributed by atoms with Crippen LogP contribution >= 0.6 is 7.92 Å². The predicted octanol–water partition coefficient (Wildman–Crippen LogP) is 0.881. The second kappa shape index (κ2) is 13.2. The summed E-state index contributed by atoms with van der Waals surface area (Å²) in [4.78, 5) is 0. The van der Waals surface area contributed by atoms with Crippen molar-refractivity contribution in [2.24, 2.45) is 0 Å². The molecule has 0 N–H and O–H groups in total. The summed E-state index contributed by atoms with van der Waals surface area (Å²) < 4.78 is 0. The molecule has 6 aromatic carbocycles. The van der Waals surface area contributed by atoms with Crippen LogP contribution in [-0.4, -0.2) is 0 Å². The molecule has 6 aromatic rings. The molecule has 0 saturated heterocycles. The van der Waals surface area contributed by atoms with Gasteiger partial charge in [0, 0.05) is 0 Å². The smallest absolute Gasteiger partial charge is 1.00 e. The summed E-state index contributed by atoms with van der Waals surface area (Å²) in [6.45, 7) is 0. The summed E-state index contributed by atoms with van der Waals surface area (Å²) >= 11 is 0. The van der Waals surface area contributed by atoms with Crippen LogP contribution in [0.25, 0.3) is 21.5 Å². The summed E-state index contributed by atoms with van der Waals surface area (Å²) in [6.07, 6.45) is 0. The zero-order chi connectivity index (χ0) is 20.9. The van der Waals surface area contributed by atoms with Gasteiger partial charge in [0.05, 0.1) is 0 Å². The number of hydrogen-bond donors (Lipinski definition) is 0. The third-order valence-electron chi connectivity index (χ3n) is 5.44. The number of fused-ring (bicyclic) bond motifs is 2. The Morgan fingerprint density at radius 3 is 1.56 bits per heavy atom. The molecule has 0 bridgehead atoms. The Morgan fingerprint density at radius 2 is 1.00 bits per heavy atom. The van der Waals surface area contributed by atoms with Gasteiger partial charge in [-0.25, -0.2) is 0 Å². The Balaban J connectivity index is 0.000000290. The average molecular weight is 631 g/mol. The van der Waals surface area contributed by atoms with Crippen molar-refractivity contribution in [1.82, 2.24) is 0 Å². The normalized spacial score (nSPS) is 9.91. The second-order valence-electron chi connectivity index (χ2n) is 7.50. The number of halogens is 2. The molecule has 0 nitrogen and oxygen atoms in total. The van der Waals surface area contributed by atoms with Gasteiger partial charge in [0.25, 0.3) is 0 Å². The molecule has 0 heterocycles. The van der Waals surface area contributed by atoms with E-state index in [1.54, 1.807) is 0 Å². The molecule has 0 atom stereocenters. The summed E-state index contributed by atoms with van der Waals surface area (Å²) in [6, 6.07) is 49.7. The molecule has 0 spiro atoms. The molecular formula is C30H23F2HfP. The van der Waals surface area contributed by atoms with Gasteiger partial charge in [-0.05, 0) is 18.5 Å². The van der Waals surface area contributed by atoms with Crippen LogP contribution in [0.5, 0.6) is 0 Å². The van der Waals surface area contributed by atoms with E-state index in [2.05, 4.69) is 140 Å². The van der Waals surface area contributed by atoms with E-state index in [0.717, 1.165) is 0 Å². The van der Waals surface area contributed by atoms with Gasteiger partial charge >= 0.3 is 25.8 Å². The van der Waals surface area contributed by atoms with Crippen LogP contribution in [-0.2, 0) is 25.8 Å². The first-order chi connectivity index (χ1) is 15.4. The zero-order valence-electron chi connectivity index (χ0n) is 18.5. The first-order valence-corrected chi connectivity index (χ1v) is 11.9. The van der Waals surface area contributed by atoms with Crippen LogP contribution in [0.3, 0.4) is 0 Å². The van der Waals surface area contributed by atoms with Crippen LogP contribution in [0.1, 0.15) is 0 Å². The molecule has 0 radical (unpaired) electrons. The molecule has 0 saturated carbocycles. The molecule has 6 rings (SSSR count). The maximum atomic E-state index is 2.35. The van der Waals surface area contributed by atoms with Gasteiger partial charge in [0.2, 0.25) is 0 Å². The molecule has 0 amide bonds. The Hall–Kier alpha value is -2.74. The Bertz CT molecular complexity index is 1290. The van der Waals surface area contributed by atoms with Crippen molar-refractivity contribution < 1.29 is 35.3 Å². The van der Waals surface area contributed by atoms with E-state index in [-0.39, 0.29) is 35.3 Å². The van der Waals surface area contributed by atoms with Gasteiger partial charge in [0.15, 0.2) is 0 Å². The molecule has 34 heavy (non-hydrogen) atoms. The van der Waals surface area contributed by atoms with Gasteiger partial charge in [-0.3, -0.25) is 0 Å². The fourth-order valence-corrected chi connectivity index (χ4v) is 6.31. The van der Waals surface area contributed by atoms with Gasteiger partial charge in [-0.15, -0.1) is 70.0 Å². The van der Waals surface area contributed by atoms with E-state index < -0.39 is 7.92 Å². The number of benzene rings is 4. The van der Waals surface area contributed by atoms with E-state index in [9.17, 15) is 0 Å². The monoisotopic (exact) mass is 632 g/mol. The molecule has 0 aromatic heterocycles. The fourth-order valence-electron chi connectivity index (χ4n) is 3.93. The van der Waals surface area contributed by atoms with Gasteiger partial charge in [0.1, 0.15) is 0 Å². The second-order valence-corrected chi connectivity index (χ2v) is 9.72. The summed E-state index contributed by atoms with van der Waals surface area (Å²) in [7, 11) is -0.493. The van der Waals surface area contributed by atoms with E-state index >= 15 is 0 Å². The minimum Gasteiger partial charge on any atom is -1.00 e. The third-order valence-corrected chi connectivity index (χ3v) is 7.84. The molecule has 0 unspecified atom stereocenters. The molecular weight excluding hydrogens is 608 g/mol. The van der Waals surface area contributed by atoms with Gasteiger partial charge < -0.3 is 9.41 Å². The van der Waals surface area contributed by atoms with E-state index in [1.165, 1.54) is 37.5 Å². The number of rotatable bonds is 3. The predicted molar refractivity (Wildman–Crippen MR) is 138 cm³/mol. The molecule has 0 aliphatic heterocycles. The van der Waals surface area contributed by atoms with Crippen LogP contribution in [0.2, 0.25) is 0 Å². The quantitative estimate of drug-likeness (QED) is 0.155. The van der Waals surface area contributed by atoms with Crippen LogP contribution in [0, 0.1) is 0 Å². The van der Waals surface area contributed by atoms with Crippen LogP contribution in [0.4, 0.5) is 0 Å². The first-order valence-electron chi connectivity index (χ1n) is 10.5. The van der Waals surface area contributed by atoms with E-state index in [1.807, 2.05) is 0 Å². The van der Waals surface area contributed by atoms with Crippen molar-refractivity contribution in [3.63, 3.8) is 0 Å². The Labute approximate surface area is 219 Å². The third kappa shape index (κ3) is 6.23. The van der Waals surface area contributed by atoms with Gasteiger partial charge in [-0.2, -0.15) is 23.6 Å². The van der Waals surface area contributed by atoms with Gasteiger partial charge in [-0.1, -0.05) is 72.8 Å². The van der Waals surface area contributed by atoms with Crippen LogP contribution in [0.15, 0.2) is 140 Å². The maximum absolute atomic E-state index is 2.35.